The molecule has 100 valence electrons. The van der Waals surface area contributed by atoms with E-state index in [1.165, 1.54) is 11.1 Å². The van der Waals surface area contributed by atoms with E-state index >= 15 is 0 Å². The quantitative estimate of drug-likeness (QED) is 0.889. The summed E-state index contributed by atoms with van der Waals surface area (Å²) in [5.74, 6) is 0.357. The molecule has 1 aromatic heterocycles. The van der Waals surface area contributed by atoms with E-state index in [0.29, 0.717) is 11.8 Å². The molecule has 1 heterocycles. The van der Waals surface area contributed by atoms with E-state index in [-0.39, 0.29) is 0 Å². The lowest BCUT2D eigenvalue weighted by Crippen LogP contribution is -2.07. The zero-order valence-electron chi connectivity index (χ0n) is 11.3. The first-order chi connectivity index (χ1) is 9.17. The molecule has 4 heteroatoms. The smallest absolute Gasteiger partial charge is 0.115 e. The van der Waals surface area contributed by atoms with Crippen LogP contribution in [0.3, 0.4) is 0 Å². The van der Waals surface area contributed by atoms with E-state index in [1.807, 2.05) is 30.1 Å². The van der Waals surface area contributed by atoms with Crippen molar-refractivity contribution in [3.63, 3.8) is 0 Å². The van der Waals surface area contributed by atoms with Crippen molar-refractivity contribution < 1.29 is 5.11 Å². The van der Waals surface area contributed by atoms with E-state index in [0.717, 1.165) is 30.6 Å². The van der Waals surface area contributed by atoms with Crippen LogP contribution in [0.2, 0.25) is 0 Å². The van der Waals surface area contributed by atoms with Crippen molar-refractivity contribution >= 4 is 5.69 Å². The van der Waals surface area contributed by atoms with Gasteiger partial charge in [-0.3, -0.25) is 4.68 Å². The average Bonchev–Trinajstić information content (AvgIpc) is 2.93. The number of aromatic hydroxyl groups is 1. The van der Waals surface area contributed by atoms with Gasteiger partial charge in [-0.25, -0.2) is 0 Å². The van der Waals surface area contributed by atoms with Crippen LogP contribution in [0.1, 0.15) is 36.2 Å². The highest BCUT2D eigenvalue weighted by molar-refractivity contribution is 5.51. The summed E-state index contributed by atoms with van der Waals surface area (Å²) in [4.78, 5) is 0. The highest BCUT2D eigenvalue weighted by Crippen LogP contribution is 2.36. The minimum atomic E-state index is 0.324. The molecule has 1 atom stereocenters. The molecule has 0 saturated heterocycles. The van der Waals surface area contributed by atoms with Gasteiger partial charge in [-0.15, -0.1) is 0 Å². The van der Waals surface area contributed by atoms with Crippen molar-refractivity contribution in [1.82, 2.24) is 9.78 Å². The molecule has 1 aromatic carbocycles. The van der Waals surface area contributed by atoms with Crippen LogP contribution in [0.4, 0.5) is 5.69 Å². The Morgan fingerprint density at radius 1 is 1.47 bits per heavy atom. The standard InChI is InChI=1S/C15H19N3O/c1-3-13-15(9-18(2)17-13)16-14-7-4-10-8-11(19)5-6-12(10)14/h5-6,8-9,14,16,19H,3-4,7H2,1-2H3. The van der Waals surface area contributed by atoms with Crippen LogP contribution < -0.4 is 5.32 Å². The minimum Gasteiger partial charge on any atom is -0.508 e. The molecule has 19 heavy (non-hydrogen) atoms. The molecular weight excluding hydrogens is 238 g/mol. The molecule has 1 aliphatic rings. The van der Waals surface area contributed by atoms with Crippen LogP contribution in [0, 0.1) is 0 Å². The second-order valence-corrected chi connectivity index (χ2v) is 5.14. The van der Waals surface area contributed by atoms with Gasteiger partial charge in [-0.1, -0.05) is 13.0 Å². The summed E-state index contributed by atoms with van der Waals surface area (Å²) in [7, 11) is 1.95. The Kier molecular flexibility index (Phi) is 2.93. The van der Waals surface area contributed by atoms with Gasteiger partial charge in [0.2, 0.25) is 0 Å². The third-order valence-corrected chi connectivity index (χ3v) is 3.77. The predicted octanol–water partition coefficient (Wildman–Crippen LogP) is 2.79. The number of nitrogens with one attached hydrogen (secondary N) is 1. The maximum atomic E-state index is 9.52. The molecule has 0 bridgehead atoms. The Hall–Kier alpha value is -1.97. The fraction of sp³-hybridized carbons (Fsp3) is 0.400. The molecule has 1 aliphatic carbocycles. The highest BCUT2D eigenvalue weighted by atomic mass is 16.3. The molecule has 4 nitrogen and oxygen atoms in total. The fourth-order valence-corrected chi connectivity index (χ4v) is 2.86. The Balaban J connectivity index is 1.86. The number of anilines is 1. The SMILES string of the molecule is CCc1nn(C)cc1NC1CCc2cc(O)ccc21. The van der Waals surface area contributed by atoms with Gasteiger partial charge in [0.25, 0.3) is 0 Å². The van der Waals surface area contributed by atoms with Crippen molar-refractivity contribution in [3.8, 4) is 5.75 Å². The number of hydrogen-bond donors (Lipinski definition) is 2. The maximum absolute atomic E-state index is 9.52. The van der Waals surface area contributed by atoms with E-state index in [4.69, 9.17) is 0 Å². The van der Waals surface area contributed by atoms with E-state index < -0.39 is 0 Å². The Morgan fingerprint density at radius 3 is 3.11 bits per heavy atom. The van der Waals surface area contributed by atoms with E-state index in [2.05, 4.69) is 17.3 Å². The third-order valence-electron chi connectivity index (χ3n) is 3.77. The summed E-state index contributed by atoms with van der Waals surface area (Å²) < 4.78 is 1.86. The van der Waals surface area contributed by atoms with E-state index in [1.54, 1.807) is 6.07 Å². The monoisotopic (exact) mass is 257 g/mol. The number of fused-ring (bicyclic) bond motifs is 1. The number of rotatable bonds is 3. The lowest BCUT2D eigenvalue weighted by Gasteiger charge is -2.15. The molecule has 0 amide bonds. The summed E-state index contributed by atoms with van der Waals surface area (Å²) in [6, 6.07) is 5.99. The molecule has 0 radical (unpaired) electrons. The first-order valence-corrected chi connectivity index (χ1v) is 6.78. The lowest BCUT2D eigenvalue weighted by molar-refractivity contribution is 0.474. The van der Waals surface area contributed by atoms with Crippen LogP contribution >= 0.6 is 0 Å². The van der Waals surface area contributed by atoms with Gasteiger partial charge in [0.05, 0.1) is 17.4 Å². The van der Waals surface area contributed by atoms with Crippen LogP contribution in [0.15, 0.2) is 24.4 Å². The molecule has 0 aliphatic heterocycles. The van der Waals surface area contributed by atoms with Gasteiger partial charge < -0.3 is 10.4 Å². The zero-order valence-corrected chi connectivity index (χ0v) is 11.3. The maximum Gasteiger partial charge on any atom is 0.115 e. The third kappa shape index (κ3) is 2.18. The fourth-order valence-electron chi connectivity index (χ4n) is 2.86. The highest BCUT2D eigenvalue weighted by Gasteiger charge is 2.23. The van der Waals surface area contributed by atoms with Gasteiger partial charge >= 0.3 is 0 Å². The number of aryl methyl sites for hydroxylation is 3. The molecule has 2 aromatic rings. The summed E-state index contributed by atoms with van der Waals surface area (Å²) in [5.41, 5.74) is 4.77. The van der Waals surface area contributed by atoms with Gasteiger partial charge in [-0.2, -0.15) is 5.10 Å². The van der Waals surface area contributed by atoms with E-state index in [9.17, 15) is 5.11 Å². The van der Waals surface area contributed by atoms with Gasteiger partial charge in [0.15, 0.2) is 0 Å². The first-order valence-electron chi connectivity index (χ1n) is 6.78. The van der Waals surface area contributed by atoms with Gasteiger partial charge in [0, 0.05) is 13.2 Å². The minimum absolute atomic E-state index is 0.324. The summed E-state index contributed by atoms with van der Waals surface area (Å²) >= 11 is 0. The van der Waals surface area contributed by atoms with Gasteiger partial charge in [-0.05, 0) is 42.5 Å². The van der Waals surface area contributed by atoms with Crippen molar-refractivity contribution in [3.05, 3.63) is 41.2 Å². The normalized spacial score (nSPS) is 17.5. The Bertz CT molecular complexity index is 603. The summed E-state index contributed by atoms with van der Waals surface area (Å²) in [6.45, 7) is 2.12. The number of nitrogens with zero attached hydrogens (tertiary/aromatic N) is 2. The van der Waals surface area contributed by atoms with Crippen LogP contribution in [-0.4, -0.2) is 14.9 Å². The Labute approximate surface area is 113 Å². The number of phenols is 1. The van der Waals surface area contributed by atoms with Crippen molar-refractivity contribution in [1.29, 1.82) is 0 Å². The molecule has 0 fully saturated rings. The Morgan fingerprint density at radius 2 is 2.32 bits per heavy atom. The molecule has 2 N–H and O–H groups in total. The second kappa shape index (κ2) is 4.61. The van der Waals surface area contributed by atoms with Crippen molar-refractivity contribution in [2.24, 2.45) is 7.05 Å². The molecule has 0 saturated carbocycles. The van der Waals surface area contributed by atoms with Crippen LogP contribution in [0.25, 0.3) is 0 Å². The molecule has 3 rings (SSSR count). The lowest BCUT2D eigenvalue weighted by atomic mass is 10.1. The van der Waals surface area contributed by atoms with Crippen LogP contribution in [0.5, 0.6) is 5.75 Å². The number of hydrogen-bond acceptors (Lipinski definition) is 3. The van der Waals surface area contributed by atoms with Crippen molar-refractivity contribution in [2.45, 2.75) is 32.2 Å². The number of benzene rings is 1. The molecule has 1 unspecified atom stereocenters. The van der Waals surface area contributed by atoms with Crippen LogP contribution in [-0.2, 0) is 19.9 Å². The molecule has 0 spiro atoms. The molecular formula is C15H19N3O. The van der Waals surface area contributed by atoms with Gasteiger partial charge in [0.1, 0.15) is 5.75 Å². The summed E-state index contributed by atoms with van der Waals surface area (Å²) in [6.07, 6.45) is 5.05. The zero-order chi connectivity index (χ0) is 13.4. The second-order valence-electron chi connectivity index (χ2n) is 5.14. The number of phenolic OH excluding ortho intramolecular Hbond substituents is 1. The summed E-state index contributed by atoms with van der Waals surface area (Å²) in [5, 5.41) is 17.6. The van der Waals surface area contributed by atoms with Crippen molar-refractivity contribution in [2.75, 3.05) is 5.32 Å². The topological polar surface area (TPSA) is 50.1 Å². The largest absolute Gasteiger partial charge is 0.508 e. The average molecular weight is 257 g/mol. The predicted molar refractivity (Wildman–Crippen MR) is 75.4 cm³/mol. The number of aromatic nitrogens is 2. The first kappa shape index (κ1) is 12.1.